The van der Waals surface area contributed by atoms with Crippen molar-refractivity contribution in [1.82, 2.24) is 10.3 Å². The first-order valence-electron chi connectivity index (χ1n) is 6.90. The lowest BCUT2D eigenvalue weighted by Gasteiger charge is -2.26. The third-order valence-corrected chi connectivity index (χ3v) is 4.52. The second-order valence-electron chi connectivity index (χ2n) is 5.57. The molecule has 0 fully saturated rings. The molecule has 0 spiro atoms. The highest BCUT2D eigenvalue weighted by molar-refractivity contribution is 7.20. The lowest BCUT2D eigenvalue weighted by Crippen LogP contribution is -2.40. The fraction of sp³-hybridized carbons (Fsp3) is 0.176. The number of para-hydroxylation sites is 1. The van der Waals surface area contributed by atoms with Crippen LogP contribution >= 0.6 is 11.3 Å². The number of fused-ring (bicyclic) bond motifs is 1. The Labute approximate surface area is 131 Å². The number of amides is 1. The summed E-state index contributed by atoms with van der Waals surface area (Å²) >= 11 is 1.36. The highest BCUT2D eigenvalue weighted by Crippen LogP contribution is 2.24. The van der Waals surface area contributed by atoms with Crippen LogP contribution in [0.3, 0.4) is 0 Å². The monoisotopic (exact) mass is 314 g/mol. The molecule has 0 saturated carbocycles. The van der Waals surface area contributed by atoms with Crippen LogP contribution < -0.4 is 5.32 Å². The van der Waals surface area contributed by atoms with Gasteiger partial charge in [0.15, 0.2) is 5.01 Å². The largest absolute Gasteiger partial charge is 0.341 e. The van der Waals surface area contributed by atoms with Gasteiger partial charge in [-0.15, -0.1) is 11.3 Å². The lowest BCUT2D eigenvalue weighted by molar-refractivity contribution is 0.0912. The van der Waals surface area contributed by atoms with E-state index < -0.39 is 5.54 Å². The van der Waals surface area contributed by atoms with E-state index in [2.05, 4.69) is 10.3 Å². The summed E-state index contributed by atoms with van der Waals surface area (Å²) in [7, 11) is 0. The number of thiazole rings is 1. The SMILES string of the molecule is CC(C)(NC(=O)c1nc2ccccc2s1)c1ccc(F)cc1. The number of aromatic nitrogens is 1. The molecule has 0 aliphatic carbocycles. The Kier molecular flexibility index (Phi) is 3.66. The van der Waals surface area contributed by atoms with Crippen molar-refractivity contribution in [2.24, 2.45) is 0 Å². The van der Waals surface area contributed by atoms with Gasteiger partial charge in [0.2, 0.25) is 0 Å². The Balaban J connectivity index is 1.84. The van der Waals surface area contributed by atoms with E-state index >= 15 is 0 Å². The van der Waals surface area contributed by atoms with Crippen LogP contribution in [-0.2, 0) is 5.54 Å². The third kappa shape index (κ3) is 2.85. The molecular weight excluding hydrogens is 299 g/mol. The molecule has 2 aromatic carbocycles. The second-order valence-corrected chi connectivity index (χ2v) is 6.60. The Morgan fingerprint density at radius 3 is 2.50 bits per heavy atom. The highest BCUT2D eigenvalue weighted by atomic mass is 32.1. The average Bonchev–Trinajstić information content (AvgIpc) is 2.91. The van der Waals surface area contributed by atoms with E-state index in [9.17, 15) is 9.18 Å². The quantitative estimate of drug-likeness (QED) is 0.791. The van der Waals surface area contributed by atoms with E-state index in [0.717, 1.165) is 15.8 Å². The normalized spacial score (nSPS) is 11.6. The molecule has 1 aromatic heterocycles. The number of nitrogens with zero attached hydrogens (tertiary/aromatic N) is 1. The summed E-state index contributed by atoms with van der Waals surface area (Å²) in [5, 5.41) is 3.38. The second kappa shape index (κ2) is 5.50. The van der Waals surface area contributed by atoms with Gasteiger partial charge in [0.25, 0.3) is 5.91 Å². The molecule has 1 amide bonds. The van der Waals surface area contributed by atoms with Crippen molar-refractivity contribution in [3.63, 3.8) is 0 Å². The van der Waals surface area contributed by atoms with Crippen molar-refractivity contribution in [2.45, 2.75) is 19.4 Å². The molecule has 0 atom stereocenters. The van der Waals surface area contributed by atoms with Crippen LogP contribution in [0.15, 0.2) is 48.5 Å². The molecule has 22 heavy (non-hydrogen) atoms. The zero-order valence-corrected chi connectivity index (χ0v) is 13.1. The molecule has 112 valence electrons. The third-order valence-electron chi connectivity index (χ3n) is 3.48. The summed E-state index contributed by atoms with van der Waals surface area (Å²) in [5.41, 5.74) is 1.04. The van der Waals surface area contributed by atoms with E-state index in [1.54, 1.807) is 12.1 Å². The lowest BCUT2D eigenvalue weighted by atomic mass is 9.94. The number of nitrogens with one attached hydrogen (secondary N) is 1. The van der Waals surface area contributed by atoms with Crippen LogP contribution in [0.1, 0.15) is 29.2 Å². The van der Waals surface area contributed by atoms with Gasteiger partial charge in [0.05, 0.1) is 15.8 Å². The fourth-order valence-corrected chi connectivity index (χ4v) is 3.11. The van der Waals surface area contributed by atoms with Crippen molar-refractivity contribution >= 4 is 27.5 Å². The maximum absolute atomic E-state index is 13.0. The summed E-state index contributed by atoms with van der Waals surface area (Å²) in [5.74, 6) is -0.521. The molecular formula is C17H15FN2OS. The molecule has 1 heterocycles. The molecule has 3 aromatic rings. The first-order valence-corrected chi connectivity index (χ1v) is 7.71. The minimum Gasteiger partial charge on any atom is -0.341 e. The molecule has 1 N–H and O–H groups in total. The molecule has 3 nitrogen and oxygen atoms in total. The minimum atomic E-state index is -0.608. The van der Waals surface area contributed by atoms with Crippen molar-refractivity contribution in [3.8, 4) is 0 Å². The summed E-state index contributed by atoms with van der Waals surface area (Å²) in [6.45, 7) is 3.76. The number of carbonyl (C=O) groups is 1. The van der Waals surface area contributed by atoms with E-state index in [-0.39, 0.29) is 11.7 Å². The van der Waals surface area contributed by atoms with Gasteiger partial charge >= 0.3 is 0 Å². The van der Waals surface area contributed by atoms with E-state index in [0.29, 0.717) is 5.01 Å². The Morgan fingerprint density at radius 1 is 1.14 bits per heavy atom. The maximum atomic E-state index is 13.0. The number of halogens is 1. The maximum Gasteiger partial charge on any atom is 0.280 e. The van der Waals surface area contributed by atoms with Gasteiger partial charge in [-0.3, -0.25) is 4.79 Å². The van der Waals surface area contributed by atoms with Gasteiger partial charge in [-0.2, -0.15) is 0 Å². The van der Waals surface area contributed by atoms with Gasteiger partial charge in [-0.25, -0.2) is 9.37 Å². The predicted octanol–water partition coefficient (Wildman–Crippen LogP) is 4.10. The Morgan fingerprint density at radius 2 is 1.82 bits per heavy atom. The van der Waals surface area contributed by atoms with E-state index in [4.69, 9.17) is 0 Å². The van der Waals surface area contributed by atoms with Crippen LogP contribution in [0.4, 0.5) is 4.39 Å². The number of hydrogen-bond donors (Lipinski definition) is 1. The van der Waals surface area contributed by atoms with Gasteiger partial charge in [0, 0.05) is 0 Å². The number of rotatable bonds is 3. The summed E-state index contributed by atoms with van der Waals surface area (Å²) < 4.78 is 14.0. The summed E-state index contributed by atoms with van der Waals surface area (Å²) in [4.78, 5) is 16.8. The smallest absolute Gasteiger partial charge is 0.280 e. The van der Waals surface area contributed by atoms with Crippen LogP contribution in [-0.4, -0.2) is 10.9 Å². The van der Waals surface area contributed by atoms with Crippen molar-refractivity contribution < 1.29 is 9.18 Å². The van der Waals surface area contributed by atoms with Crippen molar-refractivity contribution in [2.75, 3.05) is 0 Å². The minimum absolute atomic E-state index is 0.226. The Bertz CT molecular complexity index is 791. The molecule has 3 rings (SSSR count). The van der Waals surface area contributed by atoms with Crippen LogP contribution in [0.2, 0.25) is 0 Å². The standard InChI is InChI=1S/C17H15FN2OS/c1-17(2,11-7-9-12(18)10-8-11)20-15(21)16-19-13-5-3-4-6-14(13)22-16/h3-10H,1-2H3,(H,20,21). The van der Waals surface area contributed by atoms with Crippen LogP contribution in [0.25, 0.3) is 10.2 Å². The Hall–Kier alpha value is -2.27. The highest BCUT2D eigenvalue weighted by Gasteiger charge is 2.25. The topological polar surface area (TPSA) is 42.0 Å². The van der Waals surface area contributed by atoms with Gasteiger partial charge < -0.3 is 5.32 Å². The first kappa shape index (κ1) is 14.7. The van der Waals surface area contributed by atoms with E-state index in [1.165, 1.54) is 23.5 Å². The number of hydrogen-bond acceptors (Lipinski definition) is 3. The molecule has 0 unspecified atom stereocenters. The van der Waals surface area contributed by atoms with Crippen molar-refractivity contribution in [1.29, 1.82) is 0 Å². The van der Waals surface area contributed by atoms with Gasteiger partial charge in [0.1, 0.15) is 5.82 Å². The van der Waals surface area contributed by atoms with Gasteiger partial charge in [-0.05, 0) is 43.7 Å². The van der Waals surface area contributed by atoms with Crippen LogP contribution in [0.5, 0.6) is 0 Å². The molecule has 5 heteroatoms. The molecule has 0 aliphatic heterocycles. The molecule has 0 aliphatic rings. The summed E-state index contributed by atoms with van der Waals surface area (Å²) in [6.07, 6.45) is 0. The first-order chi connectivity index (χ1) is 10.5. The number of carbonyl (C=O) groups excluding carboxylic acids is 1. The summed E-state index contributed by atoms with van der Waals surface area (Å²) in [6, 6.07) is 13.8. The fourth-order valence-electron chi connectivity index (χ4n) is 2.25. The number of benzene rings is 2. The molecule has 0 bridgehead atoms. The zero-order valence-electron chi connectivity index (χ0n) is 12.3. The average molecular weight is 314 g/mol. The van der Waals surface area contributed by atoms with E-state index in [1.807, 2.05) is 38.1 Å². The van der Waals surface area contributed by atoms with Crippen LogP contribution in [0, 0.1) is 5.82 Å². The molecule has 0 saturated heterocycles. The van der Waals surface area contributed by atoms with Gasteiger partial charge in [-0.1, -0.05) is 24.3 Å². The zero-order chi connectivity index (χ0) is 15.7. The predicted molar refractivity (Wildman–Crippen MR) is 86.5 cm³/mol. The van der Waals surface area contributed by atoms with Crippen molar-refractivity contribution in [3.05, 3.63) is 64.9 Å². The molecule has 0 radical (unpaired) electrons.